The van der Waals surface area contributed by atoms with Gasteiger partial charge in [0.25, 0.3) is 0 Å². The lowest BCUT2D eigenvalue weighted by Crippen LogP contribution is -2.32. The normalized spacial score (nSPS) is 17.5. The van der Waals surface area contributed by atoms with Gasteiger partial charge in [-0.1, -0.05) is 12.8 Å². The minimum atomic E-state index is -3.45. The minimum absolute atomic E-state index is 0.0675. The maximum Gasteiger partial charge on any atom is 0.242 e. The molecule has 1 aromatic rings. The van der Waals surface area contributed by atoms with Crippen molar-refractivity contribution < 1.29 is 8.42 Å². The second-order valence-electron chi connectivity index (χ2n) is 4.48. The van der Waals surface area contributed by atoms with E-state index in [9.17, 15) is 8.42 Å². The first-order valence-electron chi connectivity index (χ1n) is 5.73. The number of aromatic nitrogens is 1. The molecule has 0 aliphatic heterocycles. The Morgan fingerprint density at radius 3 is 2.65 bits per heavy atom. The van der Waals surface area contributed by atoms with Crippen molar-refractivity contribution in [3.63, 3.8) is 0 Å². The van der Waals surface area contributed by atoms with E-state index in [-0.39, 0.29) is 10.9 Å². The Kier molecular flexibility index (Phi) is 3.35. The van der Waals surface area contributed by atoms with E-state index in [0.29, 0.717) is 11.4 Å². The number of pyridine rings is 1. The Morgan fingerprint density at radius 2 is 2.06 bits per heavy atom. The highest BCUT2D eigenvalue weighted by Gasteiger charge is 2.23. The second-order valence-corrected chi connectivity index (χ2v) is 6.19. The summed E-state index contributed by atoms with van der Waals surface area (Å²) in [6, 6.07) is 1.62. The zero-order chi connectivity index (χ0) is 12.5. The number of aryl methyl sites for hydroxylation is 1. The second kappa shape index (κ2) is 4.62. The van der Waals surface area contributed by atoms with Crippen molar-refractivity contribution in [2.24, 2.45) is 0 Å². The van der Waals surface area contributed by atoms with Crippen molar-refractivity contribution in [3.05, 3.63) is 17.8 Å². The molecule has 0 radical (unpaired) electrons. The Labute approximate surface area is 101 Å². The largest absolute Gasteiger partial charge is 0.383 e. The number of anilines is 1. The van der Waals surface area contributed by atoms with E-state index in [1.165, 1.54) is 6.20 Å². The fourth-order valence-electron chi connectivity index (χ4n) is 2.04. The van der Waals surface area contributed by atoms with Gasteiger partial charge in [0.05, 0.1) is 0 Å². The minimum Gasteiger partial charge on any atom is -0.383 e. The van der Waals surface area contributed by atoms with E-state index in [0.717, 1.165) is 25.7 Å². The summed E-state index contributed by atoms with van der Waals surface area (Å²) in [7, 11) is -3.45. The lowest BCUT2D eigenvalue weighted by molar-refractivity contribution is 0.552. The summed E-state index contributed by atoms with van der Waals surface area (Å²) in [5, 5.41) is 0. The number of nitrogens with one attached hydrogen (secondary N) is 1. The molecule has 0 atom stereocenters. The van der Waals surface area contributed by atoms with Crippen LogP contribution in [0.25, 0.3) is 0 Å². The van der Waals surface area contributed by atoms with Gasteiger partial charge in [0.1, 0.15) is 10.7 Å². The first-order chi connectivity index (χ1) is 7.99. The van der Waals surface area contributed by atoms with Crippen LogP contribution in [0.3, 0.4) is 0 Å². The zero-order valence-corrected chi connectivity index (χ0v) is 10.6. The van der Waals surface area contributed by atoms with Gasteiger partial charge in [-0.3, -0.25) is 0 Å². The van der Waals surface area contributed by atoms with Gasteiger partial charge in [-0.05, 0) is 31.4 Å². The molecule has 1 fully saturated rings. The fraction of sp³-hybridized carbons (Fsp3) is 0.545. The van der Waals surface area contributed by atoms with Crippen molar-refractivity contribution in [2.75, 3.05) is 5.73 Å². The maximum absolute atomic E-state index is 12.1. The van der Waals surface area contributed by atoms with Gasteiger partial charge in [-0.2, -0.15) is 0 Å². The van der Waals surface area contributed by atoms with Crippen LogP contribution in [-0.2, 0) is 10.0 Å². The van der Waals surface area contributed by atoms with Crippen molar-refractivity contribution in [2.45, 2.75) is 43.5 Å². The number of rotatable bonds is 3. The highest BCUT2D eigenvalue weighted by Crippen LogP contribution is 2.21. The summed E-state index contributed by atoms with van der Waals surface area (Å²) in [6.07, 6.45) is 5.32. The monoisotopic (exact) mass is 255 g/mol. The quantitative estimate of drug-likeness (QED) is 0.849. The summed E-state index contributed by atoms with van der Waals surface area (Å²) in [5.41, 5.74) is 6.25. The van der Waals surface area contributed by atoms with Crippen LogP contribution in [0, 0.1) is 6.92 Å². The van der Waals surface area contributed by atoms with Gasteiger partial charge in [0.2, 0.25) is 10.0 Å². The Balaban J connectivity index is 2.21. The third-order valence-corrected chi connectivity index (χ3v) is 4.57. The van der Waals surface area contributed by atoms with Gasteiger partial charge in [-0.25, -0.2) is 18.1 Å². The average Bonchev–Trinajstić information content (AvgIpc) is 2.73. The summed E-state index contributed by atoms with van der Waals surface area (Å²) in [5.74, 6) is 0.366. The van der Waals surface area contributed by atoms with Gasteiger partial charge in [0.15, 0.2) is 0 Å². The highest BCUT2D eigenvalue weighted by atomic mass is 32.2. The Hall–Kier alpha value is -1.14. The van der Waals surface area contributed by atoms with Crippen LogP contribution in [0.1, 0.15) is 31.2 Å². The third-order valence-electron chi connectivity index (χ3n) is 3.08. The molecule has 0 unspecified atom stereocenters. The van der Waals surface area contributed by atoms with E-state index in [1.54, 1.807) is 13.0 Å². The van der Waals surface area contributed by atoms with E-state index in [1.807, 2.05) is 0 Å². The molecule has 0 spiro atoms. The molecule has 3 N–H and O–H groups in total. The lowest BCUT2D eigenvalue weighted by atomic mass is 10.3. The summed E-state index contributed by atoms with van der Waals surface area (Å²) in [4.78, 5) is 4.07. The predicted octanol–water partition coefficient (Wildman–Crippen LogP) is 1.19. The number of nitrogens with two attached hydrogens (primary N) is 1. The van der Waals surface area contributed by atoms with Crippen molar-refractivity contribution in [1.29, 1.82) is 0 Å². The number of sulfonamides is 1. The fourth-order valence-corrected chi connectivity index (χ4v) is 3.37. The summed E-state index contributed by atoms with van der Waals surface area (Å²) < 4.78 is 26.8. The molecular formula is C11H17N3O2S. The smallest absolute Gasteiger partial charge is 0.242 e. The zero-order valence-electron chi connectivity index (χ0n) is 9.81. The number of nitrogens with zero attached hydrogens (tertiary/aromatic N) is 1. The van der Waals surface area contributed by atoms with Crippen LogP contribution in [0.2, 0.25) is 0 Å². The van der Waals surface area contributed by atoms with Crippen LogP contribution >= 0.6 is 0 Å². The molecule has 0 saturated heterocycles. The first-order valence-corrected chi connectivity index (χ1v) is 7.22. The van der Waals surface area contributed by atoms with Crippen LogP contribution in [-0.4, -0.2) is 19.4 Å². The van der Waals surface area contributed by atoms with E-state index < -0.39 is 10.0 Å². The first kappa shape index (κ1) is 12.3. The van der Waals surface area contributed by atoms with Gasteiger partial charge >= 0.3 is 0 Å². The van der Waals surface area contributed by atoms with Gasteiger partial charge in [-0.15, -0.1) is 0 Å². The van der Waals surface area contributed by atoms with E-state index in [4.69, 9.17) is 5.73 Å². The predicted molar refractivity (Wildman–Crippen MR) is 66.0 cm³/mol. The molecule has 1 saturated carbocycles. The molecule has 1 heterocycles. The highest BCUT2D eigenvalue weighted by molar-refractivity contribution is 7.89. The molecule has 1 aromatic heterocycles. The molecule has 0 bridgehead atoms. The van der Waals surface area contributed by atoms with E-state index >= 15 is 0 Å². The molecule has 1 aliphatic carbocycles. The standard InChI is InChI=1S/C11H17N3O2S/c1-8-6-10(7-13-11(8)12)17(15,16)14-9-4-2-3-5-9/h6-7,9,14H,2-5H2,1H3,(H2,12,13). The molecule has 5 nitrogen and oxygen atoms in total. The van der Waals surface area contributed by atoms with Crippen LogP contribution in [0.4, 0.5) is 5.82 Å². The molecule has 0 amide bonds. The van der Waals surface area contributed by atoms with Crippen molar-refractivity contribution >= 4 is 15.8 Å². The van der Waals surface area contributed by atoms with Gasteiger partial charge in [0, 0.05) is 12.2 Å². The number of hydrogen-bond acceptors (Lipinski definition) is 4. The summed E-state index contributed by atoms with van der Waals surface area (Å²) >= 11 is 0. The number of hydrogen-bond donors (Lipinski definition) is 2. The molecule has 94 valence electrons. The molecule has 6 heteroatoms. The van der Waals surface area contributed by atoms with Crippen molar-refractivity contribution in [3.8, 4) is 0 Å². The van der Waals surface area contributed by atoms with Crippen molar-refractivity contribution in [1.82, 2.24) is 9.71 Å². The average molecular weight is 255 g/mol. The Bertz CT molecular complexity index is 507. The van der Waals surface area contributed by atoms with Crippen LogP contribution in [0.15, 0.2) is 17.2 Å². The SMILES string of the molecule is Cc1cc(S(=O)(=O)NC2CCCC2)cnc1N. The third kappa shape index (κ3) is 2.76. The van der Waals surface area contributed by atoms with Crippen LogP contribution in [0.5, 0.6) is 0 Å². The molecule has 1 aliphatic rings. The maximum atomic E-state index is 12.1. The lowest BCUT2D eigenvalue weighted by Gasteiger charge is -2.12. The molecule has 0 aromatic carbocycles. The Morgan fingerprint density at radius 1 is 1.41 bits per heavy atom. The molecule has 17 heavy (non-hydrogen) atoms. The van der Waals surface area contributed by atoms with Crippen LogP contribution < -0.4 is 10.5 Å². The topological polar surface area (TPSA) is 85.1 Å². The molecular weight excluding hydrogens is 238 g/mol. The molecule has 2 rings (SSSR count). The summed E-state index contributed by atoms with van der Waals surface area (Å²) in [6.45, 7) is 1.75. The van der Waals surface area contributed by atoms with Gasteiger partial charge < -0.3 is 5.73 Å². The number of nitrogen functional groups attached to an aromatic ring is 1. The van der Waals surface area contributed by atoms with E-state index in [2.05, 4.69) is 9.71 Å².